The van der Waals surface area contributed by atoms with E-state index in [4.69, 9.17) is 28.8 Å². The molecule has 0 saturated carbocycles. The zero-order valence-corrected chi connectivity index (χ0v) is 29.6. The van der Waals surface area contributed by atoms with Crippen LogP contribution in [0.15, 0.2) is 126 Å². The van der Waals surface area contributed by atoms with Gasteiger partial charge in [-0.3, -0.25) is 19.0 Å². The van der Waals surface area contributed by atoms with Crippen molar-refractivity contribution in [1.82, 2.24) is 9.55 Å². The molecule has 1 amide bonds. The van der Waals surface area contributed by atoms with Crippen molar-refractivity contribution in [2.24, 2.45) is 0 Å². The number of carbonyl (C=O) groups is 3. The van der Waals surface area contributed by atoms with E-state index in [1.54, 1.807) is 44.6 Å². The molecule has 2 N–H and O–H groups in total. The van der Waals surface area contributed by atoms with Gasteiger partial charge in [0.15, 0.2) is 0 Å². The third-order valence-corrected chi connectivity index (χ3v) is 9.06. The van der Waals surface area contributed by atoms with Gasteiger partial charge in [-0.2, -0.15) is 4.98 Å². The Bertz CT molecular complexity index is 2060. The number of carboxylic acid groups (broad SMARTS) is 1. The number of esters is 1. The fraction of sp³-hybridized carbons (Fsp3) is 0.244. The number of rotatable bonds is 15. The fourth-order valence-electron chi connectivity index (χ4n) is 6.34. The number of amides is 1. The van der Waals surface area contributed by atoms with E-state index in [2.05, 4.69) is 10.3 Å². The molecule has 6 rings (SSSR count). The van der Waals surface area contributed by atoms with Gasteiger partial charge in [0, 0.05) is 18.2 Å². The molecule has 0 aliphatic carbocycles. The molecule has 1 saturated heterocycles. The summed E-state index contributed by atoms with van der Waals surface area (Å²) in [5, 5.41) is 11.8. The predicted octanol–water partition coefficient (Wildman–Crippen LogP) is 5.59. The number of carboxylic acids is 1. The lowest BCUT2D eigenvalue weighted by atomic mass is 9.80. The van der Waals surface area contributed by atoms with E-state index < -0.39 is 54.0 Å². The monoisotopic (exact) mass is 733 g/mol. The van der Waals surface area contributed by atoms with Crippen molar-refractivity contribution in [2.75, 3.05) is 26.1 Å². The van der Waals surface area contributed by atoms with E-state index in [-0.39, 0.29) is 25.3 Å². The summed E-state index contributed by atoms with van der Waals surface area (Å²) in [4.78, 5) is 54.2. The number of carbonyl (C=O) groups excluding carboxylic acids is 2. The molecule has 5 aromatic rings. The fourth-order valence-corrected chi connectivity index (χ4v) is 6.34. The highest BCUT2D eigenvalue weighted by molar-refractivity contribution is 6.03. The van der Waals surface area contributed by atoms with E-state index >= 15 is 0 Å². The second kappa shape index (κ2) is 17.0. The first kappa shape index (κ1) is 37.4. The van der Waals surface area contributed by atoms with Gasteiger partial charge in [0.1, 0.15) is 41.4 Å². The van der Waals surface area contributed by atoms with Gasteiger partial charge >= 0.3 is 17.6 Å². The van der Waals surface area contributed by atoms with Gasteiger partial charge in [0.25, 0.3) is 5.91 Å². The Kier molecular flexibility index (Phi) is 11.8. The first-order valence-corrected chi connectivity index (χ1v) is 17.2. The highest BCUT2D eigenvalue weighted by atomic mass is 16.6. The number of hydrogen-bond acceptors (Lipinski definition) is 10. The maximum atomic E-state index is 13.3. The van der Waals surface area contributed by atoms with Crippen molar-refractivity contribution in [2.45, 2.75) is 43.3 Å². The third kappa shape index (κ3) is 8.49. The molecule has 2 heterocycles. The number of ether oxygens (including phenoxy) is 5. The summed E-state index contributed by atoms with van der Waals surface area (Å²) >= 11 is 0. The summed E-state index contributed by atoms with van der Waals surface area (Å²) in [6.45, 7) is -0.131. The second-order valence-corrected chi connectivity index (χ2v) is 12.4. The molecule has 54 heavy (non-hydrogen) atoms. The molecular formula is C41H39N3O10. The highest BCUT2D eigenvalue weighted by Crippen LogP contribution is 2.43. The lowest BCUT2D eigenvalue weighted by Crippen LogP contribution is -2.39. The SMILES string of the molecule is COc1ccc(C(OCC2OC(n3ccc(NC(=O)c4ccccc4)nc3=O)CC2OC(=O)CCC(=O)O)(c2ccccc2)c2ccc(OC)cc2)cc1. The van der Waals surface area contributed by atoms with Crippen LogP contribution in [-0.4, -0.2) is 65.5 Å². The van der Waals surface area contributed by atoms with E-state index in [1.807, 2.05) is 78.9 Å². The van der Waals surface area contributed by atoms with Gasteiger partial charge in [-0.25, -0.2) is 4.79 Å². The van der Waals surface area contributed by atoms with Crippen LogP contribution in [0, 0.1) is 0 Å². The predicted molar refractivity (Wildman–Crippen MR) is 196 cm³/mol. The molecular weight excluding hydrogens is 694 g/mol. The van der Waals surface area contributed by atoms with E-state index in [0.717, 1.165) is 16.7 Å². The first-order chi connectivity index (χ1) is 26.2. The molecule has 0 radical (unpaired) electrons. The van der Waals surface area contributed by atoms with Gasteiger partial charge in [0.05, 0.1) is 33.7 Å². The Balaban J connectivity index is 1.33. The van der Waals surface area contributed by atoms with Crippen molar-refractivity contribution >= 4 is 23.7 Å². The molecule has 13 nitrogen and oxygen atoms in total. The van der Waals surface area contributed by atoms with Gasteiger partial charge in [-0.05, 0) is 59.2 Å². The summed E-state index contributed by atoms with van der Waals surface area (Å²) in [6.07, 6.45) is -2.07. The average molecular weight is 734 g/mol. The number of methoxy groups -OCH3 is 2. The quantitative estimate of drug-likeness (QED) is 0.102. The molecule has 278 valence electrons. The maximum Gasteiger partial charge on any atom is 0.351 e. The Hall–Kier alpha value is -6.31. The third-order valence-electron chi connectivity index (χ3n) is 9.06. The van der Waals surface area contributed by atoms with Crippen LogP contribution in [0.3, 0.4) is 0 Å². The summed E-state index contributed by atoms with van der Waals surface area (Å²) in [6, 6.07) is 34.5. The minimum Gasteiger partial charge on any atom is -0.497 e. The van der Waals surface area contributed by atoms with Gasteiger partial charge in [-0.1, -0.05) is 72.8 Å². The Labute approximate surface area is 311 Å². The first-order valence-electron chi connectivity index (χ1n) is 17.2. The van der Waals surface area contributed by atoms with Gasteiger partial charge in [-0.15, -0.1) is 0 Å². The van der Waals surface area contributed by atoms with Crippen molar-refractivity contribution in [3.8, 4) is 11.5 Å². The Morgan fingerprint density at radius 3 is 1.94 bits per heavy atom. The number of aliphatic carboxylic acids is 1. The van der Waals surface area contributed by atoms with Gasteiger partial charge in [0.2, 0.25) is 0 Å². The summed E-state index contributed by atoms with van der Waals surface area (Å²) in [5.41, 5.74) is 0.775. The van der Waals surface area contributed by atoms with Crippen molar-refractivity contribution in [3.05, 3.63) is 154 Å². The zero-order chi connectivity index (χ0) is 38.1. The van der Waals surface area contributed by atoms with Crippen LogP contribution in [0.5, 0.6) is 11.5 Å². The van der Waals surface area contributed by atoms with Crippen LogP contribution in [0.2, 0.25) is 0 Å². The molecule has 1 fully saturated rings. The number of benzene rings is 4. The van der Waals surface area contributed by atoms with Crippen LogP contribution in [-0.2, 0) is 29.4 Å². The lowest BCUT2D eigenvalue weighted by Gasteiger charge is -2.37. The number of hydrogen-bond donors (Lipinski definition) is 2. The number of nitrogens with zero attached hydrogens (tertiary/aromatic N) is 2. The number of aromatic nitrogens is 2. The van der Waals surface area contributed by atoms with Crippen molar-refractivity contribution in [3.63, 3.8) is 0 Å². The Morgan fingerprint density at radius 2 is 1.39 bits per heavy atom. The molecule has 4 aromatic carbocycles. The summed E-state index contributed by atoms with van der Waals surface area (Å²) < 4.78 is 31.3. The summed E-state index contributed by atoms with van der Waals surface area (Å²) in [5.74, 6) is -0.965. The van der Waals surface area contributed by atoms with Crippen molar-refractivity contribution < 1.29 is 43.2 Å². The molecule has 0 spiro atoms. The van der Waals surface area contributed by atoms with Crippen LogP contribution in [0.25, 0.3) is 0 Å². The topological polar surface area (TPSA) is 165 Å². The molecule has 1 aromatic heterocycles. The summed E-state index contributed by atoms with van der Waals surface area (Å²) in [7, 11) is 3.17. The molecule has 1 aliphatic rings. The Morgan fingerprint density at radius 1 is 0.815 bits per heavy atom. The largest absolute Gasteiger partial charge is 0.497 e. The van der Waals surface area contributed by atoms with Crippen LogP contribution >= 0.6 is 0 Å². The van der Waals surface area contributed by atoms with E-state index in [9.17, 15) is 19.2 Å². The smallest absolute Gasteiger partial charge is 0.351 e. The number of nitrogens with one attached hydrogen (secondary N) is 1. The van der Waals surface area contributed by atoms with Crippen molar-refractivity contribution in [1.29, 1.82) is 0 Å². The van der Waals surface area contributed by atoms with Crippen LogP contribution in [0.4, 0.5) is 5.82 Å². The average Bonchev–Trinajstić information content (AvgIpc) is 3.60. The molecule has 13 heteroatoms. The minimum atomic E-state index is -1.23. The normalized spacial score (nSPS) is 16.7. The van der Waals surface area contributed by atoms with Crippen LogP contribution in [0.1, 0.15) is 52.5 Å². The standard InChI is InChI=1S/C41H39N3O10/c1-50-31-17-13-29(14-18-31)41(28-11-7-4-8-12-28,30-15-19-32(51-2)20-16-30)52-26-34-33(54-38(47)22-21-37(45)46)25-36(53-34)44-24-23-35(43-40(44)49)42-39(48)27-9-5-3-6-10-27/h3-20,23-24,33-34,36H,21-22,25-26H2,1-2H3,(H,45,46)(H,42,43,48,49). The molecule has 3 unspecified atom stereocenters. The van der Waals surface area contributed by atoms with E-state index in [0.29, 0.717) is 17.1 Å². The molecule has 0 bridgehead atoms. The highest BCUT2D eigenvalue weighted by Gasteiger charge is 2.44. The lowest BCUT2D eigenvalue weighted by molar-refractivity contribution is -0.157. The molecule has 3 atom stereocenters. The molecule has 1 aliphatic heterocycles. The minimum absolute atomic E-state index is 0.0353. The van der Waals surface area contributed by atoms with Crippen LogP contribution < -0.4 is 20.5 Å². The number of anilines is 1. The second-order valence-electron chi connectivity index (χ2n) is 12.4. The maximum absolute atomic E-state index is 13.3. The zero-order valence-electron chi connectivity index (χ0n) is 29.6. The van der Waals surface area contributed by atoms with E-state index in [1.165, 1.54) is 16.8 Å². The van der Waals surface area contributed by atoms with Gasteiger partial charge < -0.3 is 34.1 Å².